The highest BCUT2D eigenvalue weighted by Gasteiger charge is 2.25. The molecule has 0 aliphatic carbocycles. The molecule has 0 fully saturated rings. The zero-order valence-corrected chi connectivity index (χ0v) is 32.2. The number of pyridine rings is 1. The molecule has 1 atom stereocenters. The molecule has 56 heavy (non-hydrogen) atoms. The number of ether oxygens (including phenoxy) is 1. The number of fused-ring (bicyclic) bond motifs is 2. The Morgan fingerprint density at radius 1 is 0.929 bits per heavy atom. The summed E-state index contributed by atoms with van der Waals surface area (Å²) in [6.45, 7) is 4.01. The van der Waals surface area contributed by atoms with Gasteiger partial charge in [-0.25, -0.2) is 27.6 Å². The third kappa shape index (κ3) is 8.96. The second kappa shape index (κ2) is 16.6. The number of hydrogen-bond donors (Lipinski definition) is 3. The smallest absolute Gasteiger partial charge is 0.283 e. The molecule has 1 aliphatic heterocycles. The fourth-order valence-electron chi connectivity index (χ4n) is 6.53. The lowest BCUT2D eigenvalue weighted by Crippen LogP contribution is -2.34. The van der Waals surface area contributed by atoms with E-state index in [9.17, 15) is 18.0 Å². The summed E-state index contributed by atoms with van der Waals surface area (Å²) in [5, 5.41) is 10.6. The molecule has 0 saturated heterocycles. The highest BCUT2D eigenvalue weighted by atomic mass is 32.2. The summed E-state index contributed by atoms with van der Waals surface area (Å²) in [6, 6.07) is 28.3. The average molecular weight is 774 g/mol. The Labute approximate surface area is 325 Å². The van der Waals surface area contributed by atoms with Crippen molar-refractivity contribution in [2.45, 2.75) is 37.2 Å². The van der Waals surface area contributed by atoms with Crippen LogP contribution in [-0.4, -0.2) is 84.5 Å². The number of rotatable bonds is 14. The van der Waals surface area contributed by atoms with Gasteiger partial charge in [0, 0.05) is 30.5 Å². The Kier molecular flexibility index (Phi) is 11.2. The number of amides is 2. The van der Waals surface area contributed by atoms with Crippen LogP contribution in [0.4, 0.5) is 17.3 Å². The SMILES string of the molecule is Cc1cc(S(=O)(=O)NC(=O)c2cccc(N3CCc4cccc(C(=O)Nc5cn6ncccc6n5)c4C3)n2)ccc1N[C@H](CCN(C)C)COc1ccccc1. The fourth-order valence-corrected chi connectivity index (χ4v) is 7.58. The Bertz CT molecular complexity index is 2440. The molecular weight excluding hydrogens is 731 g/mol. The largest absolute Gasteiger partial charge is 0.491 e. The highest BCUT2D eigenvalue weighted by molar-refractivity contribution is 7.90. The highest BCUT2D eigenvalue weighted by Crippen LogP contribution is 2.27. The van der Waals surface area contributed by atoms with E-state index in [1.165, 1.54) is 18.2 Å². The summed E-state index contributed by atoms with van der Waals surface area (Å²) in [4.78, 5) is 39.9. The molecule has 0 radical (unpaired) electrons. The van der Waals surface area contributed by atoms with Gasteiger partial charge in [-0.3, -0.25) is 9.59 Å². The molecule has 14 nitrogen and oxygen atoms in total. The van der Waals surface area contributed by atoms with Crippen LogP contribution in [0, 0.1) is 6.92 Å². The van der Waals surface area contributed by atoms with Crippen molar-refractivity contribution in [3.63, 3.8) is 0 Å². The molecule has 0 spiro atoms. The molecule has 0 unspecified atom stereocenters. The van der Waals surface area contributed by atoms with E-state index in [1.807, 2.05) is 68.4 Å². The first-order valence-electron chi connectivity index (χ1n) is 18.2. The summed E-state index contributed by atoms with van der Waals surface area (Å²) in [7, 11) is -0.220. The van der Waals surface area contributed by atoms with Crippen LogP contribution in [0.3, 0.4) is 0 Å². The summed E-state index contributed by atoms with van der Waals surface area (Å²) in [6.07, 6.45) is 4.72. The van der Waals surface area contributed by atoms with Crippen molar-refractivity contribution < 1.29 is 22.7 Å². The minimum atomic E-state index is -4.24. The van der Waals surface area contributed by atoms with Gasteiger partial charge in [-0.1, -0.05) is 36.4 Å². The van der Waals surface area contributed by atoms with E-state index in [1.54, 1.807) is 53.3 Å². The molecule has 6 aromatic rings. The lowest BCUT2D eigenvalue weighted by Gasteiger charge is -2.31. The maximum Gasteiger partial charge on any atom is 0.283 e. The number of para-hydroxylation sites is 1. The normalized spacial score (nSPS) is 13.2. The molecule has 3 aromatic heterocycles. The number of aryl methyl sites for hydroxylation is 1. The van der Waals surface area contributed by atoms with Crippen molar-refractivity contribution in [1.29, 1.82) is 0 Å². The number of carbonyl (C=O) groups excluding carboxylic acids is 2. The number of imidazole rings is 1. The van der Waals surface area contributed by atoms with Crippen molar-refractivity contribution in [2.75, 3.05) is 49.3 Å². The van der Waals surface area contributed by atoms with Crippen LogP contribution >= 0.6 is 0 Å². The van der Waals surface area contributed by atoms with Crippen molar-refractivity contribution in [1.82, 2.24) is 29.2 Å². The molecule has 0 bridgehead atoms. The molecule has 3 aromatic carbocycles. The van der Waals surface area contributed by atoms with Crippen molar-refractivity contribution in [2.24, 2.45) is 0 Å². The summed E-state index contributed by atoms with van der Waals surface area (Å²) in [5.41, 5.74) is 4.38. The van der Waals surface area contributed by atoms with E-state index in [0.717, 1.165) is 35.5 Å². The lowest BCUT2D eigenvalue weighted by molar-refractivity contribution is 0.0975. The maximum atomic E-state index is 13.5. The number of aromatic nitrogens is 4. The minimum Gasteiger partial charge on any atom is -0.491 e. The van der Waals surface area contributed by atoms with E-state index < -0.39 is 15.9 Å². The quantitative estimate of drug-likeness (QED) is 0.134. The first kappa shape index (κ1) is 38.0. The van der Waals surface area contributed by atoms with E-state index in [2.05, 4.69) is 35.3 Å². The standard InChI is InChI=1S/C41H43N9O5S/c1-28-24-32(17-18-35(28)43-30(20-22-48(2)3)27-55-31-11-5-4-6-12-31)56(53,54)47-41(52)36-14-8-15-38(44-36)49-23-19-29-10-7-13-33(34(29)25-49)40(51)46-37-26-50-39(45-37)16-9-21-42-50/h4-18,21,24,26,30,43H,19-20,22-23,25,27H2,1-3H3,(H,46,51)(H,47,52)/t30-/m1/s1. The Hall–Kier alpha value is -6.32. The van der Waals surface area contributed by atoms with Crippen LogP contribution in [0.5, 0.6) is 5.75 Å². The van der Waals surface area contributed by atoms with E-state index in [0.29, 0.717) is 54.5 Å². The number of nitrogens with zero attached hydrogens (tertiary/aromatic N) is 6. The summed E-state index contributed by atoms with van der Waals surface area (Å²) >= 11 is 0. The molecular formula is C41H43N9O5S. The first-order chi connectivity index (χ1) is 27.0. The molecule has 0 saturated carbocycles. The third-order valence-electron chi connectivity index (χ3n) is 9.50. The monoisotopic (exact) mass is 773 g/mol. The van der Waals surface area contributed by atoms with Crippen molar-refractivity contribution in [3.8, 4) is 5.75 Å². The lowest BCUT2D eigenvalue weighted by atomic mass is 9.94. The van der Waals surface area contributed by atoms with Gasteiger partial charge in [0.2, 0.25) is 0 Å². The van der Waals surface area contributed by atoms with Gasteiger partial charge in [-0.2, -0.15) is 5.10 Å². The van der Waals surface area contributed by atoms with Gasteiger partial charge >= 0.3 is 0 Å². The van der Waals surface area contributed by atoms with Crippen LogP contribution < -0.4 is 25.0 Å². The van der Waals surface area contributed by atoms with Crippen LogP contribution in [0.2, 0.25) is 0 Å². The number of carbonyl (C=O) groups is 2. The van der Waals surface area contributed by atoms with Crippen molar-refractivity contribution >= 4 is 44.8 Å². The van der Waals surface area contributed by atoms with Crippen molar-refractivity contribution in [3.05, 3.63) is 137 Å². The van der Waals surface area contributed by atoms with Gasteiger partial charge in [0.15, 0.2) is 11.5 Å². The number of nitrogens with one attached hydrogen (secondary N) is 3. The number of sulfonamides is 1. The second-order valence-electron chi connectivity index (χ2n) is 13.9. The number of benzene rings is 3. The minimum absolute atomic E-state index is 0.0464. The zero-order chi connectivity index (χ0) is 39.2. The summed E-state index contributed by atoms with van der Waals surface area (Å²) < 4.78 is 36.8. The number of hydrogen-bond acceptors (Lipinski definition) is 11. The third-order valence-corrected chi connectivity index (χ3v) is 10.8. The topological polar surface area (TPSA) is 163 Å². The predicted molar refractivity (Wildman–Crippen MR) is 215 cm³/mol. The summed E-state index contributed by atoms with van der Waals surface area (Å²) in [5.74, 6) is 0.471. The molecule has 15 heteroatoms. The Balaban J connectivity index is 1.01. The zero-order valence-electron chi connectivity index (χ0n) is 31.3. The second-order valence-corrected chi connectivity index (χ2v) is 15.6. The van der Waals surface area contributed by atoms with Gasteiger partial charge in [0.1, 0.15) is 23.9 Å². The fraction of sp³-hybridized carbons (Fsp3) is 0.244. The van der Waals surface area contributed by atoms with Crippen LogP contribution in [0.15, 0.2) is 114 Å². The Morgan fingerprint density at radius 2 is 1.75 bits per heavy atom. The molecule has 1 aliphatic rings. The first-order valence-corrected chi connectivity index (χ1v) is 19.7. The van der Waals surface area contributed by atoms with Gasteiger partial charge in [-0.15, -0.1) is 0 Å². The molecule has 7 rings (SSSR count). The average Bonchev–Trinajstić information content (AvgIpc) is 3.61. The van der Waals surface area contributed by atoms with Crippen LogP contribution in [0.25, 0.3) is 5.65 Å². The van der Waals surface area contributed by atoms with Gasteiger partial charge in [-0.05, 0) is 118 Å². The predicted octanol–water partition coefficient (Wildman–Crippen LogP) is 5.18. The molecule has 288 valence electrons. The van der Waals surface area contributed by atoms with Gasteiger partial charge < -0.3 is 25.2 Å². The maximum absolute atomic E-state index is 13.5. The number of anilines is 3. The van der Waals surface area contributed by atoms with E-state index >= 15 is 0 Å². The van der Waals surface area contributed by atoms with E-state index in [4.69, 9.17) is 4.74 Å². The Morgan fingerprint density at radius 3 is 2.54 bits per heavy atom. The van der Waals surface area contributed by atoms with Gasteiger partial charge in [0.05, 0.1) is 17.1 Å². The molecule has 3 N–H and O–H groups in total. The molecule has 2 amide bonds. The molecule has 4 heterocycles. The van der Waals surface area contributed by atoms with Crippen LogP contribution in [0.1, 0.15) is 44.0 Å². The van der Waals surface area contributed by atoms with E-state index in [-0.39, 0.29) is 22.5 Å². The van der Waals surface area contributed by atoms with Crippen LogP contribution in [-0.2, 0) is 23.0 Å². The van der Waals surface area contributed by atoms with Gasteiger partial charge in [0.25, 0.3) is 21.8 Å².